The monoisotopic (exact) mass is 533 g/mol. The van der Waals surface area contributed by atoms with Crippen LogP contribution in [0.15, 0.2) is 30.5 Å². The molecule has 1 aromatic carbocycles. The van der Waals surface area contributed by atoms with Crippen molar-refractivity contribution in [1.29, 1.82) is 0 Å². The summed E-state index contributed by atoms with van der Waals surface area (Å²) in [6, 6.07) is 4.48. The maximum atomic E-state index is 15.9. The zero-order valence-corrected chi connectivity index (χ0v) is 22.0. The zero-order chi connectivity index (χ0) is 26.3. The quantitative estimate of drug-likeness (QED) is 0.348. The standard InChI is InChI=1S/C26H36FN5O4S/c1-3-15-11-18(34)4-5-19(15)20-6-7-21-24(23(20)27)30-31-25(21)26-28-12-22(29-26)16-10-17(14-33)32(13-16)8-9-37(2,35)36/h4-5,10-12,17,20-21,23-25,30-31,33-34H,3,6-9,13-14H2,1-2H3,(H,28,29)/t17-,20?,21?,23?,24?,25?/m1/s1. The van der Waals surface area contributed by atoms with Gasteiger partial charge in [0.15, 0.2) is 0 Å². The Morgan fingerprint density at radius 1 is 1.24 bits per heavy atom. The lowest BCUT2D eigenvalue weighted by atomic mass is 9.71. The number of phenols is 1. The number of imidazole rings is 1. The number of benzene rings is 1. The average Bonchev–Trinajstić information content (AvgIpc) is 3.60. The van der Waals surface area contributed by atoms with Crippen molar-refractivity contribution in [2.45, 2.75) is 56.4 Å². The molecule has 2 aromatic rings. The average molecular weight is 534 g/mol. The number of rotatable bonds is 8. The number of H-pyrrole nitrogens is 1. The number of nitrogens with zero attached hydrogens (tertiary/aromatic N) is 2. The molecule has 1 saturated carbocycles. The van der Waals surface area contributed by atoms with E-state index >= 15 is 4.39 Å². The van der Waals surface area contributed by atoms with Gasteiger partial charge in [-0.2, -0.15) is 0 Å². The lowest BCUT2D eigenvalue weighted by Crippen LogP contribution is -2.45. The van der Waals surface area contributed by atoms with Crippen molar-refractivity contribution in [1.82, 2.24) is 25.7 Å². The molecule has 1 aromatic heterocycles. The number of aliphatic hydroxyl groups excluding tert-OH is 1. The Morgan fingerprint density at radius 3 is 2.78 bits per heavy atom. The largest absolute Gasteiger partial charge is 0.508 e. The molecule has 11 heteroatoms. The number of aliphatic hydroxyl groups is 1. The van der Waals surface area contributed by atoms with Gasteiger partial charge in [0.2, 0.25) is 0 Å². The Labute approximate surface area is 217 Å². The van der Waals surface area contributed by atoms with E-state index in [0.29, 0.717) is 19.5 Å². The molecule has 0 spiro atoms. The van der Waals surface area contributed by atoms with E-state index in [9.17, 15) is 18.6 Å². The van der Waals surface area contributed by atoms with E-state index in [1.54, 1.807) is 18.3 Å². The number of hydrogen-bond donors (Lipinski definition) is 5. The number of aromatic nitrogens is 2. The van der Waals surface area contributed by atoms with Gasteiger partial charge in [0.05, 0.1) is 42.4 Å². The van der Waals surface area contributed by atoms with Crippen LogP contribution in [-0.4, -0.2) is 83.5 Å². The van der Waals surface area contributed by atoms with Crippen LogP contribution in [0.4, 0.5) is 4.39 Å². The van der Waals surface area contributed by atoms with Gasteiger partial charge in [-0.15, -0.1) is 0 Å². The van der Waals surface area contributed by atoms with Crippen molar-refractivity contribution < 1.29 is 23.0 Å². The zero-order valence-electron chi connectivity index (χ0n) is 21.2. The highest BCUT2D eigenvalue weighted by atomic mass is 32.2. The molecule has 2 fully saturated rings. The van der Waals surface area contributed by atoms with Crippen molar-refractivity contribution >= 4 is 15.4 Å². The highest BCUT2D eigenvalue weighted by Gasteiger charge is 2.48. The highest BCUT2D eigenvalue weighted by Crippen LogP contribution is 2.45. The van der Waals surface area contributed by atoms with Gasteiger partial charge in [0.25, 0.3) is 0 Å². The minimum absolute atomic E-state index is 0.0291. The summed E-state index contributed by atoms with van der Waals surface area (Å²) in [6.45, 7) is 2.80. The van der Waals surface area contributed by atoms with E-state index in [1.165, 1.54) is 6.26 Å². The first-order valence-corrected chi connectivity index (χ1v) is 15.0. The fourth-order valence-electron chi connectivity index (χ4n) is 6.16. The number of hydrazine groups is 1. The second-order valence-electron chi connectivity index (χ2n) is 10.5. The van der Waals surface area contributed by atoms with Crippen LogP contribution < -0.4 is 10.9 Å². The summed E-state index contributed by atoms with van der Waals surface area (Å²) in [7, 11) is -3.10. The predicted octanol–water partition coefficient (Wildman–Crippen LogP) is 1.83. The van der Waals surface area contributed by atoms with E-state index in [-0.39, 0.29) is 48.1 Å². The Morgan fingerprint density at radius 2 is 2.05 bits per heavy atom. The minimum atomic E-state index is -3.10. The van der Waals surface area contributed by atoms with Crippen LogP contribution in [0.2, 0.25) is 0 Å². The molecule has 1 saturated heterocycles. The normalized spacial score (nSPS) is 30.4. The van der Waals surface area contributed by atoms with Gasteiger partial charge in [-0.05, 0) is 48.1 Å². The molecule has 5 rings (SSSR count). The maximum Gasteiger partial charge on any atom is 0.148 e. The van der Waals surface area contributed by atoms with Gasteiger partial charge in [-0.3, -0.25) is 10.3 Å². The fourth-order valence-corrected chi connectivity index (χ4v) is 6.73. The molecule has 9 nitrogen and oxygen atoms in total. The highest BCUT2D eigenvalue weighted by molar-refractivity contribution is 7.90. The van der Waals surface area contributed by atoms with Crippen LogP contribution in [0.3, 0.4) is 0 Å². The summed E-state index contributed by atoms with van der Waals surface area (Å²) in [5, 5.41) is 19.6. The van der Waals surface area contributed by atoms with Crippen molar-refractivity contribution in [3.8, 4) is 5.75 Å². The Kier molecular flexibility index (Phi) is 7.43. The minimum Gasteiger partial charge on any atom is -0.508 e. The second kappa shape index (κ2) is 10.5. The summed E-state index contributed by atoms with van der Waals surface area (Å²) in [5.41, 5.74) is 10.2. The summed E-state index contributed by atoms with van der Waals surface area (Å²) in [4.78, 5) is 9.95. The van der Waals surface area contributed by atoms with E-state index in [1.807, 2.05) is 24.0 Å². The molecule has 0 radical (unpaired) electrons. The third kappa shape index (κ3) is 5.33. The number of fused-ring (bicyclic) bond motifs is 1. The third-order valence-electron chi connectivity index (χ3n) is 8.15. The molecule has 202 valence electrons. The number of aromatic amines is 1. The summed E-state index contributed by atoms with van der Waals surface area (Å²) < 4.78 is 39.0. The van der Waals surface area contributed by atoms with Crippen molar-refractivity contribution in [3.63, 3.8) is 0 Å². The first-order chi connectivity index (χ1) is 17.7. The van der Waals surface area contributed by atoms with Crippen LogP contribution in [0.1, 0.15) is 54.4 Å². The number of sulfone groups is 1. The van der Waals surface area contributed by atoms with E-state index in [2.05, 4.69) is 20.8 Å². The lowest BCUT2D eigenvalue weighted by Gasteiger charge is -2.36. The fraction of sp³-hybridized carbons (Fsp3) is 0.577. The number of nitrogens with one attached hydrogen (secondary N) is 3. The molecule has 2 aliphatic heterocycles. The second-order valence-corrected chi connectivity index (χ2v) is 12.8. The summed E-state index contributed by atoms with van der Waals surface area (Å²) in [5.74, 6) is 0.778. The van der Waals surface area contributed by atoms with E-state index < -0.39 is 16.0 Å². The summed E-state index contributed by atoms with van der Waals surface area (Å²) >= 11 is 0. The molecule has 37 heavy (non-hydrogen) atoms. The number of phenolic OH excluding ortho intramolecular Hbond substituents is 1. The number of aryl methyl sites for hydroxylation is 1. The number of alkyl halides is 1. The molecule has 6 atom stereocenters. The SMILES string of the molecule is CCc1cc(O)ccc1C1CCC2C(c3ncc(C4=C[C@H](CO)N(CCS(C)(=O)=O)C4)[nH]3)NNC2C1F. The number of halogens is 1. The molecule has 5 unspecified atom stereocenters. The van der Waals surface area contributed by atoms with Gasteiger partial charge in [-0.25, -0.2) is 23.2 Å². The van der Waals surface area contributed by atoms with Gasteiger partial charge in [0.1, 0.15) is 27.6 Å². The van der Waals surface area contributed by atoms with Crippen LogP contribution in [0.25, 0.3) is 5.57 Å². The van der Waals surface area contributed by atoms with Crippen molar-refractivity contribution in [3.05, 3.63) is 53.1 Å². The van der Waals surface area contributed by atoms with Crippen LogP contribution in [0, 0.1) is 5.92 Å². The first kappa shape index (κ1) is 26.3. The van der Waals surface area contributed by atoms with Gasteiger partial charge >= 0.3 is 0 Å². The smallest absolute Gasteiger partial charge is 0.148 e. The number of hydrogen-bond acceptors (Lipinski definition) is 8. The van der Waals surface area contributed by atoms with Crippen LogP contribution in [-0.2, 0) is 16.3 Å². The molecular weight excluding hydrogens is 497 g/mol. The Bertz CT molecular complexity index is 1270. The summed E-state index contributed by atoms with van der Waals surface area (Å²) in [6.07, 6.45) is 6.13. The van der Waals surface area contributed by atoms with Crippen LogP contribution >= 0.6 is 0 Å². The molecule has 3 aliphatic rings. The maximum absolute atomic E-state index is 15.9. The molecule has 0 amide bonds. The number of aromatic hydroxyl groups is 1. The van der Waals surface area contributed by atoms with Crippen molar-refractivity contribution in [2.24, 2.45) is 5.92 Å². The lowest BCUT2D eigenvalue weighted by molar-refractivity contribution is 0.135. The van der Waals surface area contributed by atoms with Crippen LogP contribution in [0.5, 0.6) is 5.75 Å². The van der Waals surface area contributed by atoms with Gasteiger partial charge in [-0.1, -0.05) is 19.1 Å². The first-order valence-electron chi connectivity index (χ1n) is 12.9. The van der Waals surface area contributed by atoms with E-state index in [0.717, 1.165) is 41.1 Å². The van der Waals surface area contributed by atoms with E-state index in [4.69, 9.17) is 0 Å². The predicted molar refractivity (Wildman–Crippen MR) is 139 cm³/mol. The Balaban J connectivity index is 1.28. The van der Waals surface area contributed by atoms with Crippen molar-refractivity contribution in [2.75, 3.05) is 31.7 Å². The Hall–Kier alpha value is -2.31. The molecule has 1 aliphatic carbocycles. The molecule has 5 N–H and O–H groups in total. The van der Waals surface area contributed by atoms with Gasteiger partial charge in [0, 0.05) is 31.2 Å². The molecule has 3 heterocycles. The topological polar surface area (TPSA) is 131 Å². The molecular formula is C26H36FN5O4S. The molecule has 0 bridgehead atoms. The van der Waals surface area contributed by atoms with Gasteiger partial charge < -0.3 is 15.2 Å². The third-order valence-corrected chi connectivity index (χ3v) is 9.07.